The molecule has 1 saturated heterocycles. The molecule has 2 atom stereocenters. The normalized spacial score (nSPS) is 26.2. The molecule has 100 valence electrons. The van der Waals surface area contributed by atoms with Gasteiger partial charge in [-0.25, -0.2) is 0 Å². The second kappa shape index (κ2) is 5.44. The summed E-state index contributed by atoms with van der Waals surface area (Å²) < 4.78 is 0. The van der Waals surface area contributed by atoms with Gasteiger partial charge in [-0.2, -0.15) is 0 Å². The summed E-state index contributed by atoms with van der Waals surface area (Å²) in [7, 11) is 0. The highest BCUT2D eigenvalue weighted by Crippen LogP contribution is 2.36. The maximum Gasteiger partial charge on any atom is 0.0236 e. The summed E-state index contributed by atoms with van der Waals surface area (Å²) in [6.45, 7) is 11.9. The van der Waals surface area contributed by atoms with Crippen LogP contribution in [0.15, 0.2) is 30.3 Å². The van der Waals surface area contributed by atoms with Gasteiger partial charge in [-0.05, 0) is 43.2 Å². The van der Waals surface area contributed by atoms with Gasteiger partial charge in [-0.1, -0.05) is 51.1 Å². The number of rotatable bonds is 2. The molecule has 1 aliphatic rings. The highest BCUT2D eigenvalue weighted by atomic mass is 15.2. The van der Waals surface area contributed by atoms with E-state index in [4.69, 9.17) is 0 Å². The highest BCUT2D eigenvalue weighted by molar-refractivity contribution is 5.14. The van der Waals surface area contributed by atoms with Crippen LogP contribution in [0.2, 0.25) is 0 Å². The first kappa shape index (κ1) is 13.6. The van der Waals surface area contributed by atoms with Crippen molar-refractivity contribution in [1.82, 2.24) is 4.90 Å². The third-order valence-corrected chi connectivity index (χ3v) is 4.47. The number of nitrogens with zero attached hydrogens (tertiary/aromatic N) is 1. The molecule has 2 rings (SSSR count). The van der Waals surface area contributed by atoms with E-state index in [1.54, 1.807) is 0 Å². The summed E-state index contributed by atoms with van der Waals surface area (Å²) in [5, 5.41) is 0. The molecule has 0 saturated carbocycles. The van der Waals surface area contributed by atoms with E-state index in [1.807, 2.05) is 0 Å². The molecule has 0 aromatic heterocycles. The summed E-state index contributed by atoms with van der Waals surface area (Å²) in [5.74, 6) is 0.875. The van der Waals surface area contributed by atoms with Crippen LogP contribution >= 0.6 is 0 Å². The number of hydrogen-bond donors (Lipinski definition) is 0. The van der Waals surface area contributed by atoms with Crippen molar-refractivity contribution in [1.29, 1.82) is 0 Å². The van der Waals surface area contributed by atoms with Crippen LogP contribution < -0.4 is 0 Å². The molecule has 0 spiro atoms. The van der Waals surface area contributed by atoms with Gasteiger partial charge in [-0.15, -0.1) is 0 Å². The molecule has 0 aliphatic carbocycles. The smallest absolute Gasteiger partial charge is 0.0236 e. The van der Waals surface area contributed by atoms with Crippen LogP contribution in [-0.4, -0.2) is 17.5 Å². The van der Waals surface area contributed by atoms with E-state index in [2.05, 4.69) is 62.9 Å². The molecule has 0 N–H and O–H groups in total. The number of benzene rings is 1. The number of likely N-dealkylation sites (tertiary alicyclic amines) is 1. The molecule has 1 fully saturated rings. The lowest BCUT2D eigenvalue weighted by molar-refractivity contribution is 0.0648. The minimum absolute atomic E-state index is 0.465. The van der Waals surface area contributed by atoms with Crippen molar-refractivity contribution in [2.45, 2.75) is 53.1 Å². The largest absolute Gasteiger partial charge is 0.296 e. The minimum atomic E-state index is 0.465. The van der Waals surface area contributed by atoms with Crippen LogP contribution in [-0.2, 0) is 6.54 Å². The van der Waals surface area contributed by atoms with Gasteiger partial charge >= 0.3 is 0 Å². The first-order valence-corrected chi connectivity index (χ1v) is 7.25. The Balaban J connectivity index is 1.94. The van der Waals surface area contributed by atoms with Crippen LogP contribution in [0.4, 0.5) is 0 Å². The van der Waals surface area contributed by atoms with Crippen molar-refractivity contribution in [2.75, 3.05) is 6.54 Å². The molecule has 1 aromatic rings. The molecular weight excluding hydrogens is 218 g/mol. The molecule has 1 heteroatoms. The van der Waals surface area contributed by atoms with E-state index < -0.39 is 0 Å². The van der Waals surface area contributed by atoms with Crippen molar-refractivity contribution < 1.29 is 0 Å². The zero-order valence-electron chi connectivity index (χ0n) is 12.3. The predicted molar refractivity (Wildman–Crippen MR) is 78.5 cm³/mol. The van der Waals surface area contributed by atoms with Crippen LogP contribution in [0.5, 0.6) is 0 Å². The van der Waals surface area contributed by atoms with Crippen molar-refractivity contribution >= 4 is 0 Å². The maximum absolute atomic E-state index is 2.64. The molecule has 0 amide bonds. The Labute approximate surface area is 112 Å². The topological polar surface area (TPSA) is 3.24 Å². The van der Waals surface area contributed by atoms with Crippen LogP contribution in [0.25, 0.3) is 0 Å². The van der Waals surface area contributed by atoms with E-state index in [9.17, 15) is 0 Å². The Morgan fingerprint density at radius 3 is 2.39 bits per heavy atom. The van der Waals surface area contributed by atoms with E-state index in [0.29, 0.717) is 11.5 Å². The number of piperidine rings is 1. The van der Waals surface area contributed by atoms with Crippen LogP contribution in [0.1, 0.15) is 46.1 Å². The Morgan fingerprint density at radius 1 is 1.17 bits per heavy atom. The van der Waals surface area contributed by atoms with E-state index in [-0.39, 0.29) is 0 Å². The standard InChI is InChI=1S/C17H27N/c1-14-12-16(17(2,3)4)10-11-18(14)13-15-8-6-5-7-9-15/h5-9,14,16H,10-13H2,1-4H3. The van der Waals surface area contributed by atoms with Crippen LogP contribution in [0, 0.1) is 11.3 Å². The fourth-order valence-corrected chi connectivity index (χ4v) is 3.06. The molecule has 1 aromatic carbocycles. The Bertz CT molecular complexity index is 363. The third-order valence-electron chi connectivity index (χ3n) is 4.47. The first-order chi connectivity index (χ1) is 8.47. The quantitative estimate of drug-likeness (QED) is 0.749. The SMILES string of the molecule is CC1CC(C(C)(C)C)CCN1Cc1ccccc1. The molecule has 0 radical (unpaired) electrons. The van der Waals surface area contributed by atoms with Gasteiger partial charge in [-0.3, -0.25) is 4.90 Å². The molecule has 2 unspecified atom stereocenters. The fourth-order valence-electron chi connectivity index (χ4n) is 3.06. The summed E-state index contributed by atoms with van der Waals surface area (Å²) in [6.07, 6.45) is 2.69. The monoisotopic (exact) mass is 245 g/mol. The van der Waals surface area contributed by atoms with E-state index >= 15 is 0 Å². The predicted octanol–water partition coefficient (Wildman–Crippen LogP) is 4.33. The molecular formula is C17H27N. The summed E-state index contributed by atoms with van der Waals surface area (Å²) in [4.78, 5) is 2.64. The van der Waals surface area contributed by atoms with Crippen molar-refractivity contribution in [3.8, 4) is 0 Å². The lowest BCUT2D eigenvalue weighted by Crippen LogP contribution is -2.43. The zero-order valence-corrected chi connectivity index (χ0v) is 12.3. The molecule has 1 aliphatic heterocycles. The summed E-state index contributed by atoms with van der Waals surface area (Å²) >= 11 is 0. The average molecular weight is 245 g/mol. The van der Waals surface area contributed by atoms with Gasteiger partial charge in [0, 0.05) is 12.6 Å². The van der Waals surface area contributed by atoms with Gasteiger partial charge in [0.25, 0.3) is 0 Å². The maximum atomic E-state index is 2.64. The van der Waals surface area contributed by atoms with Gasteiger partial charge in [0.2, 0.25) is 0 Å². The van der Waals surface area contributed by atoms with E-state index in [1.165, 1.54) is 24.9 Å². The molecule has 1 nitrogen and oxygen atoms in total. The van der Waals surface area contributed by atoms with Crippen molar-refractivity contribution in [3.05, 3.63) is 35.9 Å². The molecule has 1 heterocycles. The first-order valence-electron chi connectivity index (χ1n) is 7.25. The number of hydrogen-bond acceptors (Lipinski definition) is 1. The highest BCUT2D eigenvalue weighted by Gasteiger charge is 2.32. The molecule has 0 bridgehead atoms. The van der Waals surface area contributed by atoms with Gasteiger partial charge in [0.15, 0.2) is 0 Å². The van der Waals surface area contributed by atoms with Gasteiger partial charge in [0.05, 0.1) is 0 Å². The summed E-state index contributed by atoms with van der Waals surface area (Å²) in [5.41, 5.74) is 1.91. The van der Waals surface area contributed by atoms with Gasteiger partial charge in [0.1, 0.15) is 0 Å². The Hall–Kier alpha value is -0.820. The van der Waals surface area contributed by atoms with E-state index in [0.717, 1.165) is 12.5 Å². The zero-order chi connectivity index (χ0) is 13.2. The second-order valence-electron chi connectivity index (χ2n) is 6.89. The Kier molecular flexibility index (Phi) is 4.11. The fraction of sp³-hybridized carbons (Fsp3) is 0.647. The van der Waals surface area contributed by atoms with Crippen LogP contribution in [0.3, 0.4) is 0 Å². The average Bonchev–Trinajstić information content (AvgIpc) is 2.32. The third kappa shape index (κ3) is 3.35. The minimum Gasteiger partial charge on any atom is -0.296 e. The lowest BCUT2D eigenvalue weighted by Gasteiger charge is -2.43. The second-order valence-corrected chi connectivity index (χ2v) is 6.89. The molecule has 18 heavy (non-hydrogen) atoms. The summed E-state index contributed by atoms with van der Waals surface area (Å²) in [6, 6.07) is 11.6. The van der Waals surface area contributed by atoms with Crippen molar-refractivity contribution in [3.63, 3.8) is 0 Å². The van der Waals surface area contributed by atoms with Gasteiger partial charge < -0.3 is 0 Å². The lowest BCUT2D eigenvalue weighted by atomic mass is 9.73. The van der Waals surface area contributed by atoms with Crippen molar-refractivity contribution in [2.24, 2.45) is 11.3 Å². The Morgan fingerprint density at radius 2 is 1.83 bits per heavy atom.